The highest BCUT2D eigenvalue weighted by Crippen LogP contribution is 2.69. The van der Waals surface area contributed by atoms with Gasteiger partial charge in [-0.25, -0.2) is 4.79 Å². The van der Waals surface area contributed by atoms with Crippen molar-refractivity contribution in [2.45, 2.75) is 29.5 Å². The number of nitro benzene ring substituents is 1. The van der Waals surface area contributed by atoms with E-state index < -0.39 is 34.6 Å². The smallest absolute Gasteiger partial charge is 0.338 e. The molecule has 0 spiro atoms. The van der Waals surface area contributed by atoms with E-state index in [-0.39, 0.29) is 58.6 Å². The third-order valence-corrected chi connectivity index (χ3v) is 13.2. The number of aromatic nitrogens is 1. The number of amides is 3. The van der Waals surface area contributed by atoms with Crippen molar-refractivity contribution in [2.75, 3.05) is 23.4 Å². The zero-order chi connectivity index (χ0) is 36.4. The molecule has 2 saturated carbocycles. The van der Waals surface area contributed by atoms with Gasteiger partial charge in [0.15, 0.2) is 6.61 Å². The Morgan fingerprint density at radius 1 is 1.02 bits per heavy atom. The number of carbonyl (C=O) groups is 4. The molecular formula is C36H29ClN4O9S2. The van der Waals surface area contributed by atoms with Gasteiger partial charge in [0.1, 0.15) is 5.75 Å². The summed E-state index contributed by atoms with van der Waals surface area (Å²) < 4.78 is 11.1. The van der Waals surface area contributed by atoms with Crippen molar-refractivity contribution in [3.8, 4) is 5.75 Å². The SMILES string of the molecule is CCOC(=O)c1ccc(NC(=O)COc2ccc(Cl)cc2[C@H]2c3sc(=O)[nH]c3SC3C2[C@H]2C[C@@H]3C3C(=O)N(c4ccc([N+](=O)[O-])cc4)C(=O)C32)cc1. The largest absolute Gasteiger partial charge is 0.483 e. The predicted molar refractivity (Wildman–Crippen MR) is 192 cm³/mol. The Kier molecular flexibility index (Phi) is 8.66. The molecule has 4 unspecified atom stereocenters. The molecule has 3 aromatic carbocycles. The maximum atomic E-state index is 14.1. The highest BCUT2D eigenvalue weighted by atomic mass is 35.5. The van der Waals surface area contributed by atoms with Crippen LogP contribution in [-0.4, -0.2) is 52.1 Å². The molecule has 52 heavy (non-hydrogen) atoms. The summed E-state index contributed by atoms with van der Waals surface area (Å²) in [5, 5.41) is 15.0. The molecule has 4 aromatic rings. The summed E-state index contributed by atoms with van der Waals surface area (Å²) >= 11 is 9.19. The molecule has 2 N–H and O–H groups in total. The Morgan fingerprint density at radius 2 is 1.73 bits per heavy atom. The number of halogens is 1. The molecule has 266 valence electrons. The number of ether oxygens (including phenoxy) is 2. The highest BCUT2D eigenvalue weighted by molar-refractivity contribution is 8.00. The first kappa shape index (κ1) is 34.1. The number of anilines is 2. The molecule has 3 amide bonds. The fraction of sp³-hybridized carbons (Fsp3) is 0.306. The fourth-order valence-electron chi connectivity index (χ4n) is 8.48. The minimum atomic E-state index is -0.598. The van der Waals surface area contributed by atoms with Gasteiger partial charge in [-0.15, -0.1) is 11.8 Å². The van der Waals surface area contributed by atoms with Crippen LogP contribution in [0.4, 0.5) is 17.1 Å². The summed E-state index contributed by atoms with van der Waals surface area (Å²) in [5.41, 5.74) is 1.63. The fourth-order valence-corrected chi connectivity index (χ4v) is 11.5. The number of rotatable bonds is 9. The van der Waals surface area contributed by atoms with E-state index in [0.29, 0.717) is 44.7 Å². The number of hydrogen-bond acceptors (Lipinski definition) is 11. The monoisotopic (exact) mass is 760 g/mol. The summed E-state index contributed by atoms with van der Waals surface area (Å²) in [5.74, 6) is -3.29. The maximum Gasteiger partial charge on any atom is 0.338 e. The number of aromatic amines is 1. The Morgan fingerprint density at radius 3 is 2.42 bits per heavy atom. The van der Waals surface area contributed by atoms with Gasteiger partial charge < -0.3 is 19.8 Å². The van der Waals surface area contributed by atoms with E-state index in [1.807, 2.05) is 0 Å². The number of imide groups is 1. The number of nitrogens with one attached hydrogen (secondary N) is 2. The molecule has 3 heterocycles. The van der Waals surface area contributed by atoms with Crippen LogP contribution in [0.1, 0.15) is 40.1 Å². The molecule has 1 saturated heterocycles. The van der Waals surface area contributed by atoms with Gasteiger partial charge in [-0.1, -0.05) is 22.9 Å². The zero-order valence-electron chi connectivity index (χ0n) is 27.3. The van der Waals surface area contributed by atoms with Gasteiger partial charge in [-0.05, 0) is 85.7 Å². The second kappa shape index (κ2) is 13.2. The summed E-state index contributed by atoms with van der Waals surface area (Å²) in [4.78, 5) is 81.2. The van der Waals surface area contributed by atoms with Crippen molar-refractivity contribution in [1.82, 2.24) is 4.98 Å². The lowest BCUT2D eigenvalue weighted by Gasteiger charge is -2.43. The molecule has 2 bridgehead atoms. The summed E-state index contributed by atoms with van der Waals surface area (Å²) in [6.07, 6.45) is 0.646. The molecule has 7 atom stereocenters. The van der Waals surface area contributed by atoms with E-state index in [1.54, 1.807) is 49.4 Å². The van der Waals surface area contributed by atoms with E-state index in [2.05, 4.69) is 10.3 Å². The third-order valence-electron chi connectivity index (χ3n) is 10.4. The quantitative estimate of drug-likeness (QED) is 0.0908. The third kappa shape index (κ3) is 5.67. The van der Waals surface area contributed by atoms with Crippen LogP contribution in [-0.2, 0) is 19.1 Å². The predicted octanol–water partition coefficient (Wildman–Crippen LogP) is 5.87. The maximum absolute atomic E-state index is 14.1. The van der Waals surface area contributed by atoms with E-state index in [0.717, 1.165) is 16.2 Å². The number of carbonyl (C=O) groups excluding carboxylic acids is 4. The van der Waals surface area contributed by atoms with E-state index >= 15 is 0 Å². The van der Waals surface area contributed by atoms with Crippen LogP contribution in [0, 0.1) is 39.7 Å². The first-order chi connectivity index (χ1) is 25.0. The molecule has 8 rings (SSSR count). The van der Waals surface area contributed by atoms with E-state index in [1.165, 1.54) is 40.9 Å². The van der Waals surface area contributed by atoms with Gasteiger partial charge in [0.2, 0.25) is 11.8 Å². The van der Waals surface area contributed by atoms with Crippen molar-refractivity contribution >= 4 is 75.5 Å². The Labute approximate surface area is 308 Å². The summed E-state index contributed by atoms with van der Waals surface area (Å²) in [6, 6.07) is 16.8. The molecular weight excluding hydrogens is 732 g/mol. The van der Waals surface area contributed by atoms with Gasteiger partial charge in [0, 0.05) is 44.5 Å². The highest BCUT2D eigenvalue weighted by Gasteiger charge is 2.70. The number of thiazole rings is 1. The van der Waals surface area contributed by atoms with Crippen LogP contribution in [0.15, 0.2) is 76.6 Å². The minimum absolute atomic E-state index is 0.115. The lowest BCUT2D eigenvalue weighted by atomic mass is 9.68. The van der Waals surface area contributed by atoms with Crippen LogP contribution in [0.3, 0.4) is 0 Å². The minimum Gasteiger partial charge on any atom is -0.483 e. The van der Waals surface area contributed by atoms with Crippen LogP contribution >= 0.6 is 34.7 Å². The number of benzene rings is 3. The van der Waals surface area contributed by atoms with Gasteiger partial charge in [0.25, 0.3) is 11.6 Å². The first-order valence-corrected chi connectivity index (χ1v) is 18.6. The Bertz CT molecular complexity index is 2210. The molecule has 16 heteroatoms. The number of hydrogen-bond donors (Lipinski definition) is 2. The van der Waals surface area contributed by atoms with Crippen molar-refractivity contribution in [1.29, 1.82) is 0 Å². The van der Waals surface area contributed by atoms with Crippen molar-refractivity contribution in [3.05, 3.63) is 108 Å². The number of fused-ring (bicyclic) bond motifs is 9. The van der Waals surface area contributed by atoms with Crippen LogP contribution in [0.2, 0.25) is 5.02 Å². The number of nitro groups is 1. The van der Waals surface area contributed by atoms with E-state index in [9.17, 15) is 34.1 Å². The molecule has 4 aliphatic rings. The second-order valence-electron chi connectivity index (χ2n) is 13.1. The molecule has 3 fully saturated rings. The van der Waals surface area contributed by atoms with Crippen LogP contribution in [0.25, 0.3) is 0 Å². The zero-order valence-corrected chi connectivity index (χ0v) is 29.7. The number of esters is 1. The van der Waals surface area contributed by atoms with Crippen molar-refractivity contribution in [3.63, 3.8) is 0 Å². The van der Waals surface area contributed by atoms with Crippen LogP contribution < -0.4 is 19.8 Å². The average molecular weight is 761 g/mol. The Hall–Kier alpha value is -4.99. The van der Waals surface area contributed by atoms with E-state index in [4.69, 9.17) is 21.1 Å². The molecule has 2 aliphatic carbocycles. The first-order valence-electron chi connectivity index (χ1n) is 16.5. The Balaban J connectivity index is 1.08. The summed E-state index contributed by atoms with van der Waals surface area (Å²) in [7, 11) is 0. The van der Waals surface area contributed by atoms with Crippen molar-refractivity contribution < 1.29 is 33.6 Å². The second-order valence-corrected chi connectivity index (χ2v) is 15.7. The number of non-ortho nitro benzene ring substituents is 1. The molecule has 2 aliphatic heterocycles. The molecule has 13 nitrogen and oxygen atoms in total. The number of H-pyrrole nitrogens is 1. The van der Waals surface area contributed by atoms with Gasteiger partial charge in [-0.3, -0.25) is 34.2 Å². The topological polar surface area (TPSA) is 178 Å². The standard InChI is InChI=1S/C36H29ClN4O9S2/c1-2-49-35(45)16-3-6-18(7-4-16)38-25(42)15-50-24-12-5-17(37)13-21(24)26-27-22-14-23(30(27)51-32-31(26)52-36(46)39-32)29-28(22)33(43)40(34(29)44)19-8-10-20(11-9-19)41(47)48/h3-13,22-23,26-30H,2,14-15H2,1H3,(H,38,42)(H,39,46)/t22-,23-,26-,27?,28?,29?,30?/m1/s1. The number of thioether (sulfide) groups is 1. The normalized spacial score (nSPS) is 25.3. The van der Waals surface area contributed by atoms with Crippen molar-refractivity contribution in [2.24, 2.45) is 29.6 Å². The van der Waals surface area contributed by atoms with Gasteiger partial charge >= 0.3 is 10.8 Å². The number of nitrogens with zero attached hydrogens (tertiary/aromatic N) is 2. The summed E-state index contributed by atoms with van der Waals surface area (Å²) in [6.45, 7) is 1.61. The average Bonchev–Trinajstić information content (AvgIpc) is 3.86. The lowest BCUT2D eigenvalue weighted by Crippen LogP contribution is -2.42. The van der Waals surface area contributed by atoms with Gasteiger partial charge in [-0.2, -0.15) is 0 Å². The lowest BCUT2D eigenvalue weighted by molar-refractivity contribution is -0.384. The molecule has 1 aromatic heterocycles. The molecule has 0 radical (unpaired) electrons. The van der Waals surface area contributed by atoms with Gasteiger partial charge in [0.05, 0.1) is 39.6 Å². The van der Waals surface area contributed by atoms with Crippen LogP contribution in [0.5, 0.6) is 5.75 Å².